The number of aliphatic carboxylic acids is 1. The predicted molar refractivity (Wildman–Crippen MR) is 61.7 cm³/mol. The summed E-state index contributed by atoms with van der Waals surface area (Å²) >= 11 is 0. The Labute approximate surface area is 108 Å². The molecule has 0 aliphatic rings. The summed E-state index contributed by atoms with van der Waals surface area (Å²) in [4.78, 5) is 22.9. The van der Waals surface area contributed by atoms with Crippen LogP contribution in [-0.2, 0) is 11.0 Å². The van der Waals surface area contributed by atoms with Crippen LogP contribution in [0.25, 0.3) is 0 Å². The fourth-order valence-corrected chi connectivity index (χ4v) is 1.70. The van der Waals surface area contributed by atoms with Crippen molar-refractivity contribution in [2.45, 2.75) is 20.0 Å². The summed E-state index contributed by atoms with van der Waals surface area (Å²) < 4.78 is 37.1. The summed E-state index contributed by atoms with van der Waals surface area (Å²) in [5.41, 5.74) is -0.908. The van der Waals surface area contributed by atoms with E-state index in [4.69, 9.17) is 5.11 Å². The molecule has 1 aromatic rings. The van der Waals surface area contributed by atoms with Crippen LogP contribution in [0.5, 0.6) is 0 Å². The Morgan fingerprint density at radius 2 is 1.58 bits per heavy atom. The van der Waals surface area contributed by atoms with Crippen molar-refractivity contribution < 1.29 is 27.9 Å². The third kappa shape index (κ3) is 3.56. The Balaban J connectivity index is 3.04. The van der Waals surface area contributed by atoms with E-state index in [1.165, 1.54) is 0 Å². The van der Waals surface area contributed by atoms with Crippen molar-refractivity contribution in [2.75, 3.05) is 0 Å². The van der Waals surface area contributed by atoms with E-state index < -0.39 is 35.3 Å². The zero-order chi connectivity index (χ0) is 14.8. The number of carboxylic acid groups (broad SMARTS) is 1. The number of benzene rings is 1. The average molecular weight is 274 g/mol. The molecule has 0 spiro atoms. The molecule has 3 nitrogen and oxygen atoms in total. The van der Waals surface area contributed by atoms with Crippen molar-refractivity contribution in [1.29, 1.82) is 0 Å². The quantitative estimate of drug-likeness (QED) is 0.677. The van der Waals surface area contributed by atoms with E-state index in [1.54, 1.807) is 13.8 Å². The maximum Gasteiger partial charge on any atom is 0.416 e. The summed E-state index contributed by atoms with van der Waals surface area (Å²) in [6.07, 6.45) is -4.48. The molecule has 0 fully saturated rings. The number of rotatable bonds is 4. The zero-order valence-corrected chi connectivity index (χ0v) is 10.4. The molecule has 1 N–H and O–H groups in total. The molecular formula is C13H13F3O3. The van der Waals surface area contributed by atoms with E-state index in [1.807, 2.05) is 0 Å². The van der Waals surface area contributed by atoms with Gasteiger partial charge >= 0.3 is 12.1 Å². The van der Waals surface area contributed by atoms with Crippen molar-refractivity contribution in [2.24, 2.45) is 11.8 Å². The number of ketones is 1. The fraction of sp³-hybridized carbons (Fsp3) is 0.385. The summed E-state index contributed by atoms with van der Waals surface area (Å²) in [5, 5.41) is 8.96. The highest BCUT2D eigenvalue weighted by atomic mass is 19.4. The molecule has 1 atom stereocenters. The van der Waals surface area contributed by atoms with E-state index in [2.05, 4.69) is 0 Å². The second-order valence-electron chi connectivity index (χ2n) is 4.50. The highest BCUT2D eigenvalue weighted by molar-refractivity contribution is 6.08. The van der Waals surface area contributed by atoms with Crippen LogP contribution < -0.4 is 0 Å². The highest BCUT2D eigenvalue weighted by Crippen LogP contribution is 2.29. The molecule has 0 radical (unpaired) electrons. The molecule has 0 bridgehead atoms. The van der Waals surface area contributed by atoms with E-state index in [-0.39, 0.29) is 5.56 Å². The molecule has 0 saturated heterocycles. The lowest BCUT2D eigenvalue weighted by atomic mass is 9.88. The van der Waals surface area contributed by atoms with Gasteiger partial charge in [0.05, 0.1) is 5.56 Å². The fourth-order valence-electron chi connectivity index (χ4n) is 1.70. The molecule has 1 rings (SSSR count). The topological polar surface area (TPSA) is 54.4 Å². The number of alkyl halides is 3. The van der Waals surface area contributed by atoms with Crippen LogP contribution in [0.3, 0.4) is 0 Å². The minimum atomic E-state index is -4.48. The van der Waals surface area contributed by atoms with Crippen molar-refractivity contribution in [3.63, 3.8) is 0 Å². The van der Waals surface area contributed by atoms with Crippen molar-refractivity contribution in [1.82, 2.24) is 0 Å². The van der Waals surface area contributed by atoms with Gasteiger partial charge in [-0.05, 0) is 18.1 Å². The van der Waals surface area contributed by atoms with E-state index in [9.17, 15) is 22.8 Å². The molecule has 0 aliphatic carbocycles. The smallest absolute Gasteiger partial charge is 0.416 e. The monoisotopic (exact) mass is 274 g/mol. The second-order valence-corrected chi connectivity index (χ2v) is 4.50. The van der Waals surface area contributed by atoms with Gasteiger partial charge in [0.15, 0.2) is 5.78 Å². The van der Waals surface area contributed by atoms with Crippen LogP contribution in [0.2, 0.25) is 0 Å². The molecular weight excluding hydrogens is 261 g/mol. The SMILES string of the molecule is CC(C)C(C(=O)O)C(=O)c1ccc(C(F)(F)F)cc1. The lowest BCUT2D eigenvalue weighted by Crippen LogP contribution is -2.28. The molecule has 0 heterocycles. The van der Waals surface area contributed by atoms with Crippen molar-refractivity contribution >= 4 is 11.8 Å². The number of halogens is 3. The predicted octanol–water partition coefficient (Wildman–Crippen LogP) is 3.24. The normalized spacial score (nSPS) is 13.4. The first-order chi connectivity index (χ1) is 8.64. The molecule has 0 aliphatic heterocycles. The Morgan fingerprint density at radius 1 is 1.11 bits per heavy atom. The molecule has 1 aromatic carbocycles. The van der Waals surface area contributed by atoms with Gasteiger partial charge in [0.25, 0.3) is 0 Å². The molecule has 19 heavy (non-hydrogen) atoms. The van der Waals surface area contributed by atoms with E-state index in [0.29, 0.717) is 0 Å². The Bertz CT molecular complexity index is 475. The van der Waals surface area contributed by atoms with Gasteiger partial charge in [-0.1, -0.05) is 26.0 Å². The lowest BCUT2D eigenvalue weighted by Gasteiger charge is -2.15. The lowest BCUT2D eigenvalue weighted by molar-refractivity contribution is -0.141. The Morgan fingerprint density at radius 3 is 1.89 bits per heavy atom. The minimum absolute atomic E-state index is 0.0332. The molecule has 0 amide bonds. The minimum Gasteiger partial charge on any atom is -0.481 e. The van der Waals surface area contributed by atoms with Gasteiger partial charge in [0, 0.05) is 5.56 Å². The van der Waals surface area contributed by atoms with Crippen LogP contribution in [0.15, 0.2) is 24.3 Å². The molecule has 1 unspecified atom stereocenters. The number of hydrogen-bond acceptors (Lipinski definition) is 2. The first-order valence-electron chi connectivity index (χ1n) is 5.59. The van der Waals surface area contributed by atoms with Gasteiger partial charge in [-0.3, -0.25) is 9.59 Å². The largest absolute Gasteiger partial charge is 0.481 e. The van der Waals surface area contributed by atoms with Gasteiger partial charge in [0.2, 0.25) is 0 Å². The molecule has 6 heteroatoms. The average Bonchev–Trinajstić information content (AvgIpc) is 2.27. The number of carbonyl (C=O) groups excluding carboxylic acids is 1. The second kappa shape index (κ2) is 5.42. The number of carboxylic acids is 1. The Kier molecular flexibility index (Phi) is 4.34. The van der Waals surface area contributed by atoms with Crippen LogP contribution in [0.1, 0.15) is 29.8 Å². The maximum absolute atomic E-state index is 12.4. The number of hydrogen-bond donors (Lipinski definition) is 1. The molecule has 0 aromatic heterocycles. The number of Topliss-reactive ketones (excluding diaryl/α,β-unsaturated/α-hetero) is 1. The van der Waals surface area contributed by atoms with Crippen molar-refractivity contribution in [3.8, 4) is 0 Å². The van der Waals surface area contributed by atoms with Crippen LogP contribution in [0.4, 0.5) is 13.2 Å². The maximum atomic E-state index is 12.4. The van der Waals surface area contributed by atoms with Gasteiger partial charge < -0.3 is 5.11 Å². The highest BCUT2D eigenvalue weighted by Gasteiger charge is 2.32. The third-order valence-electron chi connectivity index (χ3n) is 2.71. The van der Waals surface area contributed by atoms with Gasteiger partial charge in [-0.15, -0.1) is 0 Å². The summed E-state index contributed by atoms with van der Waals surface area (Å²) in [6, 6.07) is 3.55. The summed E-state index contributed by atoms with van der Waals surface area (Å²) in [7, 11) is 0. The molecule has 0 saturated carbocycles. The van der Waals surface area contributed by atoms with Gasteiger partial charge in [-0.25, -0.2) is 0 Å². The Hall–Kier alpha value is -1.85. The first-order valence-corrected chi connectivity index (χ1v) is 5.59. The summed E-state index contributed by atoms with van der Waals surface area (Å²) in [5.74, 6) is -3.65. The van der Waals surface area contributed by atoms with Crippen LogP contribution in [0, 0.1) is 11.8 Å². The van der Waals surface area contributed by atoms with Crippen LogP contribution >= 0.6 is 0 Å². The third-order valence-corrected chi connectivity index (χ3v) is 2.71. The van der Waals surface area contributed by atoms with Gasteiger partial charge in [-0.2, -0.15) is 13.2 Å². The standard InChI is InChI=1S/C13H13F3O3/c1-7(2)10(12(18)19)11(17)8-3-5-9(6-4-8)13(14,15)16/h3-7,10H,1-2H3,(H,18,19). The van der Waals surface area contributed by atoms with E-state index >= 15 is 0 Å². The molecule has 104 valence electrons. The van der Waals surface area contributed by atoms with Crippen molar-refractivity contribution in [3.05, 3.63) is 35.4 Å². The zero-order valence-electron chi connectivity index (χ0n) is 10.4. The number of carbonyl (C=O) groups is 2. The van der Waals surface area contributed by atoms with Crippen LogP contribution in [-0.4, -0.2) is 16.9 Å². The van der Waals surface area contributed by atoms with E-state index in [0.717, 1.165) is 24.3 Å². The first kappa shape index (κ1) is 15.2. The van der Waals surface area contributed by atoms with Gasteiger partial charge in [0.1, 0.15) is 5.92 Å². The summed E-state index contributed by atoms with van der Waals surface area (Å²) in [6.45, 7) is 3.14.